The SMILES string of the molecule is O=C(NCc1ccc2sccc2c1)c1n[nH]c2c1CCC2. The molecule has 4 nitrogen and oxygen atoms in total. The van der Waals surface area contributed by atoms with Gasteiger partial charge in [-0.15, -0.1) is 11.3 Å². The van der Waals surface area contributed by atoms with Crippen molar-refractivity contribution in [3.05, 3.63) is 52.2 Å². The summed E-state index contributed by atoms with van der Waals surface area (Å²) in [6.07, 6.45) is 3.07. The number of carbonyl (C=O) groups is 1. The van der Waals surface area contributed by atoms with Crippen LogP contribution in [0.2, 0.25) is 0 Å². The van der Waals surface area contributed by atoms with E-state index >= 15 is 0 Å². The average Bonchev–Trinajstić information content (AvgIpc) is 3.19. The molecule has 0 saturated carbocycles. The zero-order valence-corrected chi connectivity index (χ0v) is 12.3. The van der Waals surface area contributed by atoms with E-state index in [2.05, 4.69) is 45.2 Å². The van der Waals surface area contributed by atoms with Crippen LogP contribution >= 0.6 is 11.3 Å². The van der Waals surface area contributed by atoms with Crippen molar-refractivity contribution < 1.29 is 4.79 Å². The summed E-state index contributed by atoms with van der Waals surface area (Å²) in [6, 6.07) is 8.40. The first-order valence-electron chi connectivity index (χ1n) is 7.12. The predicted molar refractivity (Wildman–Crippen MR) is 83.6 cm³/mol. The smallest absolute Gasteiger partial charge is 0.272 e. The van der Waals surface area contributed by atoms with Crippen molar-refractivity contribution in [1.29, 1.82) is 0 Å². The van der Waals surface area contributed by atoms with Gasteiger partial charge in [0, 0.05) is 22.5 Å². The molecule has 0 aliphatic heterocycles. The molecule has 0 bridgehead atoms. The lowest BCUT2D eigenvalue weighted by Crippen LogP contribution is -2.24. The van der Waals surface area contributed by atoms with Crippen molar-refractivity contribution >= 4 is 27.3 Å². The predicted octanol–water partition coefficient (Wildman–Crippen LogP) is 3.04. The molecule has 3 aromatic rings. The summed E-state index contributed by atoms with van der Waals surface area (Å²) in [5.41, 5.74) is 3.90. The molecule has 0 radical (unpaired) electrons. The molecule has 2 N–H and O–H groups in total. The van der Waals surface area contributed by atoms with E-state index in [4.69, 9.17) is 0 Å². The Labute approximate surface area is 126 Å². The third-order valence-corrected chi connectivity index (χ3v) is 4.89. The molecule has 4 rings (SSSR count). The van der Waals surface area contributed by atoms with Crippen LogP contribution in [0.3, 0.4) is 0 Å². The van der Waals surface area contributed by atoms with E-state index in [-0.39, 0.29) is 5.91 Å². The molecule has 1 aliphatic rings. The number of hydrogen-bond donors (Lipinski definition) is 2. The number of hydrogen-bond acceptors (Lipinski definition) is 3. The summed E-state index contributed by atoms with van der Waals surface area (Å²) < 4.78 is 1.27. The fourth-order valence-electron chi connectivity index (χ4n) is 2.90. The Bertz CT molecular complexity index is 818. The number of aromatic nitrogens is 2. The molecule has 1 aromatic carbocycles. The molecular weight excluding hydrogens is 282 g/mol. The van der Waals surface area contributed by atoms with E-state index in [0.29, 0.717) is 12.2 Å². The Morgan fingerprint density at radius 1 is 1.33 bits per heavy atom. The fraction of sp³-hybridized carbons (Fsp3) is 0.250. The zero-order valence-electron chi connectivity index (χ0n) is 11.5. The van der Waals surface area contributed by atoms with Gasteiger partial charge in [-0.25, -0.2) is 0 Å². The van der Waals surface area contributed by atoms with Crippen LogP contribution in [0.25, 0.3) is 10.1 Å². The van der Waals surface area contributed by atoms with Crippen molar-refractivity contribution in [2.75, 3.05) is 0 Å². The van der Waals surface area contributed by atoms with Crippen LogP contribution in [0.5, 0.6) is 0 Å². The molecule has 21 heavy (non-hydrogen) atoms. The minimum Gasteiger partial charge on any atom is -0.347 e. The molecule has 1 amide bonds. The van der Waals surface area contributed by atoms with Crippen LogP contribution in [0.15, 0.2) is 29.6 Å². The van der Waals surface area contributed by atoms with Crippen LogP contribution < -0.4 is 5.32 Å². The highest BCUT2D eigenvalue weighted by molar-refractivity contribution is 7.17. The fourth-order valence-corrected chi connectivity index (χ4v) is 3.67. The Hall–Kier alpha value is -2.14. The van der Waals surface area contributed by atoms with Gasteiger partial charge in [-0.3, -0.25) is 9.89 Å². The van der Waals surface area contributed by atoms with E-state index in [1.54, 1.807) is 11.3 Å². The topological polar surface area (TPSA) is 57.8 Å². The number of nitrogens with zero attached hydrogens (tertiary/aromatic N) is 1. The first-order chi connectivity index (χ1) is 10.3. The molecule has 2 heterocycles. The highest BCUT2D eigenvalue weighted by Gasteiger charge is 2.22. The second kappa shape index (κ2) is 5.00. The van der Waals surface area contributed by atoms with Crippen molar-refractivity contribution in [1.82, 2.24) is 15.5 Å². The standard InChI is InChI=1S/C16H15N3OS/c20-16(15-12-2-1-3-13(12)18-19-15)17-9-10-4-5-14-11(8-10)6-7-21-14/h4-8H,1-3,9H2,(H,17,20)(H,18,19). The first kappa shape index (κ1) is 12.6. The summed E-state index contributed by atoms with van der Waals surface area (Å²) in [7, 11) is 0. The summed E-state index contributed by atoms with van der Waals surface area (Å²) in [6.45, 7) is 0.534. The third-order valence-electron chi connectivity index (χ3n) is 3.99. The van der Waals surface area contributed by atoms with Gasteiger partial charge in [0.25, 0.3) is 5.91 Å². The Balaban J connectivity index is 1.49. The average molecular weight is 297 g/mol. The Morgan fingerprint density at radius 3 is 3.24 bits per heavy atom. The Kier molecular flexibility index (Phi) is 3.00. The van der Waals surface area contributed by atoms with Crippen LogP contribution in [0.1, 0.15) is 33.7 Å². The van der Waals surface area contributed by atoms with Gasteiger partial charge in [0.2, 0.25) is 0 Å². The highest BCUT2D eigenvalue weighted by atomic mass is 32.1. The van der Waals surface area contributed by atoms with Gasteiger partial charge in [0.1, 0.15) is 0 Å². The summed E-state index contributed by atoms with van der Waals surface area (Å²) >= 11 is 1.73. The minimum atomic E-state index is -0.0835. The molecule has 1 aliphatic carbocycles. The lowest BCUT2D eigenvalue weighted by Gasteiger charge is -2.05. The van der Waals surface area contributed by atoms with Gasteiger partial charge in [0.15, 0.2) is 5.69 Å². The highest BCUT2D eigenvalue weighted by Crippen LogP contribution is 2.23. The number of benzene rings is 1. The molecular formula is C16H15N3OS. The third kappa shape index (κ3) is 2.23. The number of aromatic amines is 1. The van der Waals surface area contributed by atoms with Crippen LogP contribution in [0, 0.1) is 0 Å². The first-order valence-corrected chi connectivity index (χ1v) is 8.00. The quantitative estimate of drug-likeness (QED) is 0.780. The van der Waals surface area contributed by atoms with Gasteiger partial charge in [0.05, 0.1) is 0 Å². The van der Waals surface area contributed by atoms with Gasteiger partial charge in [-0.2, -0.15) is 5.10 Å². The molecule has 0 saturated heterocycles. The van der Waals surface area contributed by atoms with Gasteiger partial charge in [-0.05, 0) is 53.8 Å². The maximum Gasteiger partial charge on any atom is 0.272 e. The van der Waals surface area contributed by atoms with E-state index < -0.39 is 0 Å². The van der Waals surface area contributed by atoms with Gasteiger partial charge in [-0.1, -0.05) is 6.07 Å². The lowest BCUT2D eigenvalue weighted by molar-refractivity contribution is 0.0945. The van der Waals surface area contributed by atoms with E-state index in [1.165, 1.54) is 10.1 Å². The molecule has 2 aromatic heterocycles. The number of fused-ring (bicyclic) bond motifs is 2. The molecule has 0 fully saturated rings. The van der Waals surface area contributed by atoms with E-state index in [9.17, 15) is 4.79 Å². The van der Waals surface area contributed by atoms with E-state index in [0.717, 1.165) is 36.1 Å². The largest absolute Gasteiger partial charge is 0.347 e. The molecule has 0 unspecified atom stereocenters. The number of amides is 1. The van der Waals surface area contributed by atoms with Crippen molar-refractivity contribution in [2.45, 2.75) is 25.8 Å². The minimum absolute atomic E-state index is 0.0835. The van der Waals surface area contributed by atoms with Crippen molar-refractivity contribution in [2.24, 2.45) is 0 Å². The number of nitrogens with one attached hydrogen (secondary N) is 2. The Morgan fingerprint density at radius 2 is 2.29 bits per heavy atom. The number of H-pyrrole nitrogens is 1. The number of aryl methyl sites for hydroxylation is 1. The summed E-state index contributed by atoms with van der Waals surface area (Å²) in [5.74, 6) is -0.0835. The van der Waals surface area contributed by atoms with Crippen LogP contribution in [0.4, 0.5) is 0 Å². The second-order valence-corrected chi connectivity index (χ2v) is 6.31. The van der Waals surface area contributed by atoms with Crippen LogP contribution in [-0.2, 0) is 19.4 Å². The van der Waals surface area contributed by atoms with Crippen molar-refractivity contribution in [3.63, 3.8) is 0 Å². The molecule has 106 valence electrons. The normalized spacial score (nSPS) is 13.5. The summed E-state index contributed by atoms with van der Waals surface area (Å²) in [5, 5.41) is 13.4. The second-order valence-electron chi connectivity index (χ2n) is 5.36. The van der Waals surface area contributed by atoms with Gasteiger partial charge < -0.3 is 5.32 Å². The van der Waals surface area contributed by atoms with Crippen molar-refractivity contribution in [3.8, 4) is 0 Å². The number of rotatable bonds is 3. The van der Waals surface area contributed by atoms with E-state index in [1.807, 2.05) is 0 Å². The number of thiophene rings is 1. The maximum atomic E-state index is 12.3. The lowest BCUT2D eigenvalue weighted by atomic mass is 10.1. The molecule has 5 heteroatoms. The molecule has 0 atom stereocenters. The summed E-state index contributed by atoms with van der Waals surface area (Å²) in [4.78, 5) is 12.3. The maximum absolute atomic E-state index is 12.3. The van der Waals surface area contributed by atoms with Crippen LogP contribution in [-0.4, -0.2) is 16.1 Å². The van der Waals surface area contributed by atoms with Gasteiger partial charge >= 0.3 is 0 Å². The zero-order chi connectivity index (χ0) is 14.2. The number of carbonyl (C=O) groups excluding carboxylic acids is 1. The molecule has 0 spiro atoms. The monoisotopic (exact) mass is 297 g/mol.